The Bertz CT molecular complexity index is 1020. The summed E-state index contributed by atoms with van der Waals surface area (Å²) in [6.07, 6.45) is 11.9. The molecule has 30 heavy (non-hydrogen) atoms. The molecule has 0 aromatic carbocycles. The molecule has 3 heterocycles. The van der Waals surface area contributed by atoms with E-state index < -0.39 is 0 Å². The van der Waals surface area contributed by atoms with Crippen molar-refractivity contribution < 1.29 is 4.79 Å². The Morgan fingerprint density at radius 3 is 2.50 bits per heavy atom. The van der Waals surface area contributed by atoms with Crippen molar-refractivity contribution in [3.05, 3.63) is 45.9 Å². The van der Waals surface area contributed by atoms with E-state index in [0.29, 0.717) is 25.1 Å². The van der Waals surface area contributed by atoms with Crippen LogP contribution in [0.4, 0.5) is 4.79 Å². The first-order valence-electron chi connectivity index (χ1n) is 11.4. The first-order chi connectivity index (χ1) is 14.5. The third-order valence-electron chi connectivity index (χ3n) is 8.14. The average Bonchev–Trinajstić information content (AvgIpc) is 3.24. The van der Waals surface area contributed by atoms with E-state index in [2.05, 4.69) is 5.10 Å². The minimum atomic E-state index is -0.182. The van der Waals surface area contributed by atoms with Gasteiger partial charge in [-0.1, -0.05) is 0 Å². The summed E-state index contributed by atoms with van der Waals surface area (Å²) in [5.74, 6) is 3.42. The van der Waals surface area contributed by atoms with Gasteiger partial charge in [0.2, 0.25) is 0 Å². The van der Waals surface area contributed by atoms with E-state index in [0.717, 1.165) is 35.8 Å². The summed E-state index contributed by atoms with van der Waals surface area (Å²) in [5.41, 5.74) is 1.89. The SMILES string of the molecule is Cc1nc2c(c(=O)n1CC13CC4CC(CC(C4)C1)C3)CN(C(=O)n1cccn1)CC2. The Kier molecular flexibility index (Phi) is 3.99. The second-order valence-corrected chi connectivity index (χ2v) is 10.3. The maximum Gasteiger partial charge on any atom is 0.344 e. The number of carbonyl (C=O) groups excluding carboxylic acids is 1. The molecule has 0 saturated heterocycles. The van der Waals surface area contributed by atoms with Gasteiger partial charge in [0.05, 0.1) is 17.8 Å². The molecule has 5 aliphatic rings. The number of amides is 1. The molecule has 0 N–H and O–H groups in total. The zero-order valence-electron chi connectivity index (χ0n) is 17.6. The van der Waals surface area contributed by atoms with Crippen molar-refractivity contribution in [2.45, 2.75) is 65.0 Å². The Morgan fingerprint density at radius 1 is 1.17 bits per heavy atom. The molecule has 7 rings (SSSR count). The molecule has 1 amide bonds. The smallest absolute Gasteiger partial charge is 0.318 e. The summed E-state index contributed by atoms with van der Waals surface area (Å²) in [6.45, 7) is 3.66. The summed E-state index contributed by atoms with van der Waals surface area (Å²) >= 11 is 0. The van der Waals surface area contributed by atoms with Crippen molar-refractivity contribution in [3.8, 4) is 0 Å². The molecule has 4 fully saturated rings. The molecule has 0 radical (unpaired) electrons. The molecule has 2 aromatic heterocycles. The van der Waals surface area contributed by atoms with E-state index >= 15 is 0 Å². The second kappa shape index (κ2) is 6.53. The normalized spacial score (nSPS) is 31.8. The summed E-state index contributed by atoms with van der Waals surface area (Å²) in [6, 6.07) is 1.55. The van der Waals surface area contributed by atoms with Crippen LogP contribution in [0.2, 0.25) is 0 Å². The van der Waals surface area contributed by atoms with Crippen LogP contribution in [0.25, 0.3) is 0 Å². The number of nitrogens with zero attached hydrogens (tertiary/aromatic N) is 5. The Balaban J connectivity index is 1.31. The van der Waals surface area contributed by atoms with Gasteiger partial charge in [-0.15, -0.1) is 0 Å². The van der Waals surface area contributed by atoms with Crippen molar-refractivity contribution in [1.29, 1.82) is 0 Å². The van der Waals surface area contributed by atoms with Crippen LogP contribution in [0.15, 0.2) is 23.3 Å². The van der Waals surface area contributed by atoms with Crippen LogP contribution in [0.5, 0.6) is 0 Å². The molecule has 7 heteroatoms. The fourth-order valence-corrected chi connectivity index (χ4v) is 7.33. The van der Waals surface area contributed by atoms with Gasteiger partial charge in [-0.05, 0) is 74.7 Å². The van der Waals surface area contributed by atoms with E-state index in [1.807, 2.05) is 11.5 Å². The highest BCUT2D eigenvalue weighted by Crippen LogP contribution is 2.60. The molecule has 1 aliphatic heterocycles. The fraction of sp³-hybridized carbons (Fsp3) is 0.652. The molecule has 7 nitrogen and oxygen atoms in total. The summed E-state index contributed by atoms with van der Waals surface area (Å²) in [5, 5.41) is 4.05. The monoisotopic (exact) mass is 407 g/mol. The molecule has 0 unspecified atom stereocenters. The van der Waals surface area contributed by atoms with E-state index in [9.17, 15) is 9.59 Å². The van der Waals surface area contributed by atoms with Crippen LogP contribution >= 0.6 is 0 Å². The summed E-state index contributed by atoms with van der Waals surface area (Å²) < 4.78 is 3.27. The third kappa shape index (κ3) is 2.85. The van der Waals surface area contributed by atoms with E-state index in [1.54, 1.807) is 23.4 Å². The quantitative estimate of drug-likeness (QED) is 0.767. The Hall–Kier alpha value is -2.44. The lowest BCUT2D eigenvalue weighted by molar-refractivity contribution is -0.0628. The Morgan fingerprint density at radius 2 is 1.87 bits per heavy atom. The predicted octanol–water partition coefficient (Wildman–Crippen LogP) is 2.99. The lowest BCUT2D eigenvalue weighted by Crippen LogP contribution is -2.50. The average molecular weight is 408 g/mol. The van der Waals surface area contributed by atoms with Crippen molar-refractivity contribution in [2.24, 2.45) is 23.2 Å². The molecule has 0 spiro atoms. The minimum absolute atomic E-state index is 0.0613. The van der Waals surface area contributed by atoms with Crippen LogP contribution in [0, 0.1) is 30.1 Å². The number of rotatable bonds is 2. The van der Waals surface area contributed by atoms with Crippen molar-refractivity contribution in [2.75, 3.05) is 6.54 Å². The van der Waals surface area contributed by atoms with Gasteiger partial charge in [0.15, 0.2) is 0 Å². The van der Waals surface area contributed by atoms with Gasteiger partial charge in [-0.2, -0.15) is 9.78 Å². The fourth-order valence-electron chi connectivity index (χ4n) is 7.33. The number of fused-ring (bicyclic) bond motifs is 1. The molecular formula is C23H29N5O2. The third-order valence-corrected chi connectivity index (χ3v) is 8.14. The highest BCUT2D eigenvalue weighted by Gasteiger charge is 2.51. The van der Waals surface area contributed by atoms with Gasteiger partial charge in [-0.25, -0.2) is 9.78 Å². The number of hydrogen-bond acceptors (Lipinski definition) is 4. The van der Waals surface area contributed by atoms with E-state index in [1.165, 1.54) is 43.2 Å². The molecular weight excluding hydrogens is 378 g/mol. The first-order valence-corrected chi connectivity index (χ1v) is 11.4. The number of aryl methyl sites for hydroxylation is 1. The Labute approximate surface area is 176 Å². The summed E-state index contributed by atoms with van der Waals surface area (Å²) in [4.78, 5) is 32.8. The van der Waals surface area contributed by atoms with Gasteiger partial charge in [0.25, 0.3) is 5.56 Å². The van der Waals surface area contributed by atoms with Crippen molar-refractivity contribution in [1.82, 2.24) is 24.2 Å². The molecule has 0 atom stereocenters. The molecule has 4 aliphatic carbocycles. The number of aromatic nitrogens is 4. The zero-order chi connectivity index (χ0) is 20.5. The molecule has 2 aromatic rings. The topological polar surface area (TPSA) is 73.0 Å². The maximum absolute atomic E-state index is 13.6. The van der Waals surface area contributed by atoms with Gasteiger partial charge < -0.3 is 4.90 Å². The lowest BCUT2D eigenvalue weighted by Gasteiger charge is -2.57. The molecule has 158 valence electrons. The largest absolute Gasteiger partial charge is 0.344 e. The van der Waals surface area contributed by atoms with Crippen LogP contribution < -0.4 is 5.56 Å². The van der Waals surface area contributed by atoms with Crippen LogP contribution in [-0.2, 0) is 19.5 Å². The van der Waals surface area contributed by atoms with Gasteiger partial charge in [0.1, 0.15) is 5.82 Å². The number of hydrogen-bond donors (Lipinski definition) is 0. The highest BCUT2D eigenvalue weighted by atomic mass is 16.2. The van der Waals surface area contributed by atoms with E-state index in [4.69, 9.17) is 4.98 Å². The van der Waals surface area contributed by atoms with Crippen LogP contribution in [-0.4, -0.2) is 36.8 Å². The molecule has 4 saturated carbocycles. The summed E-state index contributed by atoms with van der Waals surface area (Å²) in [7, 11) is 0. The van der Waals surface area contributed by atoms with Gasteiger partial charge in [-0.3, -0.25) is 9.36 Å². The van der Waals surface area contributed by atoms with Crippen LogP contribution in [0.3, 0.4) is 0 Å². The standard InChI is InChI=1S/C23H29N5O2/c1-15-25-20-3-6-26(22(30)28-5-2-4-24-28)13-19(20)21(29)27(15)14-23-10-16-7-17(11-23)9-18(8-16)12-23/h2,4-5,16-18H,3,6-14H2,1H3. The first kappa shape index (κ1) is 18.3. The predicted molar refractivity (Wildman–Crippen MR) is 111 cm³/mol. The zero-order valence-corrected chi connectivity index (χ0v) is 17.6. The van der Waals surface area contributed by atoms with Gasteiger partial charge in [0, 0.05) is 31.9 Å². The molecule has 4 bridgehead atoms. The van der Waals surface area contributed by atoms with E-state index in [-0.39, 0.29) is 17.0 Å². The van der Waals surface area contributed by atoms with Gasteiger partial charge >= 0.3 is 6.03 Å². The second-order valence-electron chi connectivity index (χ2n) is 10.3. The maximum atomic E-state index is 13.6. The van der Waals surface area contributed by atoms with Crippen LogP contribution in [0.1, 0.15) is 55.6 Å². The highest BCUT2D eigenvalue weighted by molar-refractivity contribution is 5.76. The lowest BCUT2D eigenvalue weighted by atomic mass is 9.49. The number of carbonyl (C=O) groups is 1. The van der Waals surface area contributed by atoms with Crippen molar-refractivity contribution >= 4 is 6.03 Å². The van der Waals surface area contributed by atoms with Crippen molar-refractivity contribution in [3.63, 3.8) is 0 Å². The minimum Gasteiger partial charge on any atom is -0.318 e.